The monoisotopic (exact) mass is 439 g/mol. The Hall–Kier alpha value is -4.40. The second-order valence-electron chi connectivity index (χ2n) is 7.36. The van der Waals surface area contributed by atoms with Crippen LogP contribution in [0.4, 0.5) is 5.69 Å². The van der Waals surface area contributed by atoms with Gasteiger partial charge in [-0.3, -0.25) is 0 Å². The first-order chi connectivity index (χ1) is 16.0. The summed E-state index contributed by atoms with van der Waals surface area (Å²) in [5, 5.41) is 22.6. The minimum atomic E-state index is -1.60. The molecule has 0 amide bonds. The molecule has 4 aromatic rings. The predicted octanol–water partition coefficient (Wildman–Crippen LogP) is 4.08. The number of ether oxygens (including phenoxy) is 2. The molecule has 0 spiro atoms. The number of benzene rings is 2. The van der Waals surface area contributed by atoms with E-state index >= 15 is 0 Å². The quantitative estimate of drug-likeness (QED) is 0.455. The van der Waals surface area contributed by atoms with E-state index in [1.807, 2.05) is 6.92 Å². The minimum absolute atomic E-state index is 0.227. The Morgan fingerprint density at radius 1 is 1.21 bits per heavy atom. The molecule has 0 fully saturated rings. The van der Waals surface area contributed by atoms with Crippen LogP contribution in [-0.2, 0) is 12.6 Å². The van der Waals surface area contributed by atoms with Crippen molar-refractivity contribution in [2.24, 2.45) is 7.05 Å². The van der Waals surface area contributed by atoms with Crippen molar-refractivity contribution in [1.29, 1.82) is 5.26 Å². The summed E-state index contributed by atoms with van der Waals surface area (Å²) >= 11 is 0. The van der Waals surface area contributed by atoms with Crippen LogP contribution in [0.15, 0.2) is 55.0 Å². The summed E-state index contributed by atoms with van der Waals surface area (Å²) in [5.41, 5.74) is 1.28. The molecule has 0 aliphatic carbocycles. The average Bonchev–Trinajstić information content (AvgIpc) is 3.29. The van der Waals surface area contributed by atoms with Gasteiger partial charge < -0.3 is 19.1 Å². The van der Waals surface area contributed by atoms with Crippen LogP contribution in [0, 0.1) is 17.9 Å². The van der Waals surface area contributed by atoms with Crippen LogP contribution in [0.2, 0.25) is 0 Å². The van der Waals surface area contributed by atoms with Gasteiger partial charge in [-0.1, -0.05) is 30.3 Å². The molecule has 0 bridgehead atoms. The third-order valence-electron chi connectivity index (χ3n) is 5.52. The van der Waals surface area contributed by atoms with Gasteiger partial charge in [0, 0.05) is 12.4 Å². The predicted molar refractivity (Wildman–Crippen MR) is 122 cm³/mol. The number of imidazole rings is 1. The van der Waals surface area contributed by atoms with Crippen molar-refractivity contribution in [2.45, 2.75) is 12.5 Å². The summed E-state index contributed by atoms with van der Waals surface area (Å²) in [5.74, 6) is 0.489. The standard InChI is InChI=1S/C25H21N5O3/c1-5-33-23-20(13-26)19-12-17(8-11-21(19)29-24(23)32-4)25(31,22-14-28-15-30(22)3)16-6-9-18(27-2)10-7-16/h6-12,14-15,31H,5H2,1,3-4H3. The van der Waals surface area contributed by atoms with Gasteiger partial charge in [0.1, 0.15) is 11.6 Å². The number of hydrogen-bond acceptors (Lipinski definition) is 6. The number of aryl methyl sites for hydroxylation is 1. The van der Waals surface area contributed by atoms with Gasteiger partial charge in [-0.2, -0.15) is 5.26 Å². The Morgan fingerprint density at radius 3 is 2.52 bits per heavy atom. The fourth-order valence-electron chi connectivity index (χ4n) is 3.92. The Labute approximate surface area is 191 Å². The van der Waals surface area contributed by atoms with Crippen LogP contribution in [0.3, 0.4) is 0 Å². The fraction of sp³-hybridized carbons (Fsp3) is 0.200. The van der Waals surface area contributed by atoms with Crippen molar-refractivity contribution in [3.8, 4) is 17.7 Å². The largest absolute Gasteiger partial charge is 0.487 e. The summed E-state index contributed by atoms with van der Waals surface area (Å²) in [6.07, 6.45) is 3.20. The number of fused-ring (bicyclic) bond motifs is 1. The maximum absolute atomic E-state index is 12.2. The Bertz CT molecular complexity index is 1410. The van der Waals surface area contributed by atoms with Gasteiger partial charge >= 0.3 is 0 Å². The normalized spacial score (nSPS) is 12.5. The number of nitriles is 1. The first-order valence-corrected chi connectivity index (χ1v) is 10.2. The molecule has 8 heteroatoms. The third kappa shape index (κ3) is 3.53. The summed E-state index contributed by atoms with van der Waals surface area (Å²) in [6.45, 7) is 9.37. The molecule has 2 aromatic carbocycles. The molecule has 0 aliphatic heterocycles. The highest BCUT2D eigenvalue weighted by atomic mass is 16.5. The second-order valence-corrected chi connectivity index (χ2v) is 7.36. The molecule has 33 heavy (non-hydrogen) atoms. The van der Waals surface area contributed by atoms with E-state index in [-0.39, 0.29) is 17.2 Å². The van der Waals surface area contributed by atoms with E-state index in [9.17, 15) is 10.4 Å². The highest BCUT2D eigenvalue weighted by Crippen LogP contribution is 2.41. The summed E-state index contributed by atoms with van der Waals surface area (Å²) < 4.78 is 12.7. The van der Waals surface area contributed by atoms with Crippen molar-refractivity contribution < 1.29 is 14.6 Å². The number of aliphatic hydroxyl groups is 1. The van der Waals surface area contributed by atoms with E-state index in [0.717, 1.165) is 0 Å². The van der Waals surface area contributed by atoms with Crippen molar-refractivity contribution in [1.82, 2.24) is 14.5 Å². The first-order valence-electron chi connectivity index (χ1n) is 10.2. The lowest BCUT2D eigenvalue weighted by molar-refractivity contribution is 0.117. The van der Waals surface area contributed by atoms with Crippen LogP contribution in [0.5, 0.6) is 11.6 Å². The molecule has 4 rings (SSSR count). The van der Waals surface area contributed by atoms with Crippen LogP contribution in [0.25, 0.3) is 15.7 Å². The summed E-state index contributed by atoms with van der Waals surface area (Å²) in [4.78, 5) is 12.1. The Morgan fingerprint density at radius 2 is 1.94 bits per heavy atom. The van der Waals surface area contributed by atoms with Crippen molar-refractivity contribution >= 4 is 16.6 Å². The number of hydrogen-bond donors (Lipinski definition) is 1. The van der Waals surface area contributed by atoms with Gasteiger partial charge in [-0.15, -0.1) is 0 Å². The Balaban J connectivity index is 2.02. The summed E-state index contributed by atoms with van der Waals surface area (Å²) in [6, 6.07) is 14.2. The molecular formula is C25H21N5O3. The van der Waals surface area contributed by atoms with Crippen LogP contribution in [-0.4, -0.2) is 33.4 Å². The average molecular weight is 439 g/mol. The van der Waals surface area contributed by atoms with E-state index in [0.29, 0.717) is 40.0 Å². The zero-order valence-corrected chi connectivity index (χ0v) is 18.4. The van der Waals surface area contributed by atoms with Gasteiger partial charge in [0.25, 0.3) is 5.88 Å². The van der Waals surface area contributed by atoms with Crippen molar-refractivity contribution in [2.75, 3.05) is 13.7 Å². The molecule has 1 N–H and O–H groups in total. The van der Waals surface area contributed by atoms with Gasteiger partial charge in [-0.25, -0.2) is 14.8 Å². The second kappa shape index (κ2) is 8.62. The molecule has 0 saturated carbocycles. The number of rotatable bonds is 6. The van der Waals surface area contributed by atoms with Crippen molar-refractivity contribution in [3.63, 3.8) is 0 Å². The maximum atomic E-state index is 12.2. The number of methoxy groups -OCH3 is 1. The summed E-state index contributed by atoms with van der Waals surface area (Å²) in [7, 11) is 3.27. The molecule has 8 nitrogen and oxygen atoms in total. The molecule has 0 saturated heterocycles. The third-order valence-corrected chi connectivity index (χ3v) is 5.52. The van der Waals surface area contributed by atoms with Crippen molar-refractivity contribution in [3.05, 3.63) is 88.8 Å². The highest BCUT2D eigenvalue weighted by Gasteiger charge is 2.37. The lowest BCUT2D eigenvalue weighted by Gasteiger charge is -2.30. The fourth-order valence-corrected chi connectivity index (χ4v) is 3.92. The zero-order valence-electron chi connectivity index (χ0n) is 18.4. The zero-order chi connectivity index (χ0) is 23.6. The molecule has 2 aromatic heterocycles. The highest BCUT2D eigenvalue weighted by molar-refractivity contribution is 5.89. The topological polar surface area (TPSA) is 97.6 Å². The molecule has 2 heterocycles. The van der Waals surface area contributed by atoms with Gasteiger partial charge in [0.15, 0.2) is 17.0 Å². The van der Waals surface area contributed by atoms with Gasteiger partial charge in [-0.05, 0) is 30.2 Å². The number of pyridine rings is 1. The SMILES string of the molecule is [C-]#[N+]c1ccc(C(O)(c2ccc3nc(OC)c(OCC)c(C#N)c3c2)c2cncn2C)cc1. The first kappa shape index (κ1) is 21.8. The minimum Gasteiger partial charge on any atom is -0.487 e. The molecule has 0 radical (unpaired) electrons. The molecule has 1 unspecified atom stereocenters. The Kier molecular flexibility index (Phi) is 5.70. The molecular weight excluding hydrogens is 418 g/mol. The lowest BCUT2D eigenvalue weighted by atomic mass is 9.82. The van der Waals surface area contributed by atoms with Crippen LogP contribution >= 0.6 is 0 Å². The smallest absolute Gasteiger partial charge is 0.258 e. The molecule has 0 aliphatic rings. The van der Waals surface area contributed by atoms with E-state index in [2.05, 4.69) is 20.9 Å². The van der Waals surface area contributed by atoms with E-state index in [1.54, 1.807) is 66.6 Å². The van der Waals surface area contributed by atoms with E-state index in [1.165, 1.54) is 7.11 Å². The maximum Gasteiger partial charge on any atom is 0.258 e. The molecule has 1 atom stereocenters. The number of aromatic nitrogens is 3. The van der Waals surface area contributed by atoms with Crippen LogP contribution < -0.4 is 9.47 Å². The van der Waals surface area contributed by atoms with E-state index < -0.39 is 5.60 Å². The van der Waals surface area contributed by atoms with Gasteiger partial charge in [0.2, 0.25) is 0 Å². The molecule has 164 valence electrons. The van der Waals surface area contributed by atoms with Crippen LogP contribution in [0.1, 0.15) is 29.3 Å². The lowest BCUT2D eigenvalue weighted by Crippen LogP contribution is -2.31. The number of nitrogens with zero attached hydrogens (tertiary/aromatic N) is 5. The van der Waals surface area contributed by atoms with E-state index in [4.69, 9.17) is 16.0 Å². The van der Waals surface area contributed by atoms with Gasteiger partial charge in [0.05, 0.1) is 44.0 Å².